The lowest BCUT2D eigenvalue weighted by Crippen LogP contribution is -2.35. The highest BCUT2D eigenvalue weighted by Crippen LogP contribution is 2.18. The summed E-state index contributed by atoms with van der Waals surface area (Å²) in [5.74, 6) is 0. The minimum absolute atomic E-state index is 0.611. The molecule has 1 fully saturated rings. The molecule has 1 saturated heterocycles. The highest BCUT2D eigenvalue weighted by atomic mass is 32.1. The first kappa shape index (κ1) is 15.3. The van der Waals surface area contributed by atoms with Crippen molar-refractivity contribution in [3.63, 3.8) is 0 Å². The summed E-state index contributed by atoms with van der Waals surface area (Å²) in [7, 11) is 0. The van der Waals surface area contributed by atoms with Crippen molar-refractivity contribution in [1.82, 2.24) is 5.32 Å². The lowest BCUT2D eigenvalue weighted by atomic mass is 10.0. The SMILES string of the molecule is CS.NCCc1ccccc1NC1CCNCC1. The summed E-state index contributed by atoms with van der Waals surface area (Å²) in [6.07, 6.45) is 5.06. The molecule has 1 aromatic carbocycles. The maximum atomic E-state index is 5.62. The molecule has 0 spiro atoms. The predicted octanol–water partition coefficient (Wildman–Crippen LogP) is 1.90. The topological polar surface area (TPSA) is 50.1 Å². The molecule has 0 atom stereocenters. The van der Waals surface area contributed by atoms with Crippen molar-refractivity contribution in [1.29, 1.82) is 0 Å². The standard InChI is InChI=1S/C13H21N3.CH4S/c14-8-5-11-3-1-2-4-13(11)16-12-6-9-15-10-7-12;1-2/h1-4,12,15-16H,5-10,14H2;2H,1H3. The van der Waals surface area contributed by atoms with Crippen molar-refractivity contribution in [2.24, 2.45) is 5.73 Å². The Kier molecular flexibility index (Phi) is 7.89. The first-order valence-electron chi connectivity index (χ1n) is 6.60. The second-order valence-electron chi connectivity index (χ2n) is 4.36. The predicted molar refractivity (Wildman–Crippen MR) is 83.6 cm³/mol. The van der Waals surface area contributed by atoms with Crippen LogP contribution in [0, 0.1) is 0 Å². The zero-order valence-electron chi connectivity index (χ0n) is 11.2. The first-order chi connectivity index (χ1) is 8.90. The van der Waals surface area contributed by atoms with Gasteiger partial charge in [-0.05, 0) is 56.8 Å². The summed E-state index contributed by atoms with van der Waals surface area (Å²) >= 11 is 3.53. The van der Waals surface area contributed by atoms with Crippen LogP contribution in [-0.4, -0.2) is 31.9 Å². The quantitative estimate of drug-likeness (QED) is 0.630. The van der Waals surface area contributed by atoms with Crippen molar-refractivity contribution >= 4 is 18.3 Å². The fourth-order valence-electron chi connectivity index (χ4n) is 2.22. The molecule has 3 nitrogen and oxygen atoms in total. The lowest BCUT2D eigenvalue weighted by molar-refractivity contribution is 0.479. The molecular weight excluding hydrogens is 242 g/mol. The number of thiol groups is 1. The van der Waals surface area contributed by atoms with Crippen LogP contribution < -0.4 is 16.4 Å². The molecule has 0 saturated carbocycles. The van der Waals surface area contributed by atoms with Crippen molar-refractivity contribution in [3.05, 3.63) is 29.8 Å². The second kappa shape index (κ2) is 9.25. The number of para-hydroxylation sites is 1. The number of hydrogen-bond acceptors (Lipinski definition) is 4. The van der Waals surface area contributed by atoms with Gasteiger partial charge in [-0.3, -0.25) is 0 Å². The summed E-state index contributed by atoms with van der Waals surface area (Å²) in [5.41, 5.74) is 8.23. The molecule has 0 unspecified atom stereocenters. The van der Waals surface area contributed by atoms with Gasteiger partial charge in [0.05, 0.1) is 0 Å². The average Bonchev–Trinajstić information content (AvgIpc) is 2.45. The van der Waals surface area contributed by atoms with Gasteiger partial charge in [0.2, 0.25) is 0 Å². The minimum atomic E-state index is 0.611. The molecular formula is C14H25N3S. The van der Waals surface area contributed by atoms with Gasteiger partial charge in [-0.25, -0.2) is 0 Å². The van der Waals surface area contributed by atoms with Gasteiger partial charge in [0.1, 0.15) is 0 Å². The highest BCUT2D eigenvalue weighted by Gasteiger charge is 2.13. The van der Waals surface area contributed by atoms with E-state index in [1.807, 2.05) is 0 Å². The molecule has 1 heterocycles. The minimum Gasteiger partial charge on any atom is -0.382 e. The third-order valence-electron chi connectivity index (χ3n) is 3.13. The van der Waals surface area contributed by atoms with Crippen LogP contribution in [0.5, 0.6) is 0 Å². The Labute approximate surface area is 116 Å². The molecule has 2 rings (SSSR count). The molecule has 0 radical (unpaired) electrons. The molecule has 0 bridgehead atoms. The molecule has 0 aliphatic carbocycles. The van der Waals surface area contributed by atoms with Crippen LogP contribution in [0.15, 0.2) is 24.3 Å². The van der Waals surface area contributed by atoms with E-state index in [0.29, 0.717) is 12.6 Å². The number of piperidine rings is 1. The van der Waals surface area contributed by atoms with Crippen molar-refractivity contribution in [2.45, 2.75) is 25.3 Å². The number of hydrogen-bond donors (Lipinski definition) is 4. The Bertz CT molecular complexity index is 325. The Morgan fingerprint density at radius 1 is 1.28 bits per heavy atom. The van der Waals surface area contributed by atoms with E-state index in [1.165, 1.54) is 24.1 Å². The van der Waals surface area contributed by atoms with Gasteiger partial charge in [-0.15, -0.1) is 0 Å². The molecule has 4 N–H and O–H groups in total. The van der Waals surface area contributed by atoms with E-state index >= 15 is 0 Å². The van der Waals surface area contributed by atoms with E-state index in [4.69, 9.17) is 5.73 Å². The van der Waals surface area contributed by atoms with E-state index in [2.05, 4.69) is 47.5 Å². The summed E-state index contributed by atoms with van der Waals surface area (Å²) in [4.78, 5) is 0. The number of rotatable bonds is 4. The normalized spacial score (nSPS) is 15.7. The summed E-state index contributed by atoms with van der Waals surface area (Å²) in [6, 6.07) is 9.10. The molecule has 1 aliphatic rings. The molecule has 18 heavy (non-hydrogen) atoms. The average molecular weight is 267 g/mol. The van der Waals surface area contributed by atoms with E-state index < -0.39 is 0 Å². The van der Waals surface area contributed by atoms with Crippen LogP contribution in [0.25, 0.3) is 0 Å². The molecule has 4 heteroatoms. The van der Waals surface area contributed by atoms with Gasteiger partial charge in [-0.1, -0.05) is 18.2 Å². The van der Waals surface area contributed by atoms with Crippen LogP contribution >= 0.6 is 12.6 Å². The largest absolute Gasteiger partial charge is 0.382 e. The third-order valence-corrected chi connectivity index (χ3v) is 3.13. The van der Waals surface area contributed by atoms with Crippen LogP contribution in [0.3, 0.4) is 0 Å². The second-order valence-corrected chi connectivity index (χ2v) is 4.36. The van der Waals surface area contributed by atoms with Crippen LogP contribution in [-0.2, 0) is 6.42 Å². The van der Waals surface area contributed by atoms with Gasteiger partial charge < -0.3 is 16.4 Å². The van der Waals surface area contributed by atoms with Crippen LogP contribution in [0.4, 0.5) is 5.69 Å². The maximum absolute atomic E-state index is 5.62. The number of anilines is 1. The van der Waals surface area contributed by atoms with Gasteiger partial charge in [-0.2, -0.15) is 12.6 Å². The molecule has 0 aromatic heterocycles. The van der Waals surface area contributed by atoms with Crippen LogP contribution in [0.2, 0.25) is 0 Å². The summed E-state index contributed by atoms with van der Waals surface area (Å²) in [6.45, 7) is 2.96. The van der Waals surface area contributed by atoms with Crippen LogP contribution in [0.1, 0.15) is 18.4 Å². The van der Waals surface area contributed by atoms with Crippen molar-refractivity contribution < 1.29 is 0 Å². The zero-order chi connectivity index (χ0) is 13.2. The highest BCUT2D eigenvalue weighted by molar-refractivity contribution is 7.79. The molecule has 102 valence electrons. The van der Waals surface area contributed by atoms with E-state index in [-0.39, 0.29) is 0 Å². The van der Waals surface area contributed by atoms with Crippen molar-refractivity contribution in [2.75, 3.05) is 31.2 Å². The number of nitrogens with two attached hydrogens (primary N) is 1. The van der Waals surface area contributed by atoms with E-state index in [9.17, 15) is 0 Å². The molecule has 1 aliphatic heterocycles. The fourth-order valence-corrected chi connectivity index (χ4v) is 2.22. The van der Waals surface area contributed by atoms with E-state index in [0.717, 1.165) is 19.5 Å². The zero-order valence-corrected chi connectivity index (χ0v) is 12.0. The van der Waals surface area contributed by atoms with Crippen molar-refractivity contribution in [3.8, 4) is 0 Å². The molecule has 1 aromatic rings. The van der Waals surface area contributed by atoms with Gasteiger partial charge >= 0.3 is 0 Å². The Morgan fingerprint density at radius 2 is 1.94 bits per heavy atom. The van der Waals surface area contributed by atoms with Gasteiger partial charge in [0.25, 0.3) is 0 Å². The number of benzene rings is 1. The number of nitrogens with one attached hydrogen (secondary N) is 2. The first-order valence-corrected chi connectivity index (χ1v) is 7.49. The smallest absolute Gasteiger partial charge is 0.0375 e. The summed E-state index contributed by atoms with van der Waals surface area (Å²) < 4.78 is 0. The Balaban J connectivity index is 0.000000771. The monoisotopic (exact) mass is 267 g/mol. The molecule has 0 amide bonds. The Hall–Kier alpha value is -0.710. The van der Waals surface area contributed by atoms with E-state index in [1.54, 1.807) is 6.26 Å². The maximum Gasteiger partial charge on any atom is 0.0375 e. The third kappa shape index (κ3) is 4.88. The Morgan fingerprint density at radius 3 is 2.61 bits per heavy atom. The lowest BCUT2D eigenvalue weighted by Gasteiger charge is -2.25. The fraction of sp³-hybridized carbons (Fsp3) is 0.571. The van der Waals surface area contributed by atoms with Gasteiger partial charge in [0.15, 0.2) is 0 Å². The van der Waals surface area contributed by atoms with Gasteiger partial charge in [0, 0.05) is 11.7 Å². The summed E-state index contributed by atoms with van der Waals surface area (Å²) in [5, 5.41) is 7.02.